The highest BCUT2D eigenvalue weighted by molar-refractivity contribution is 7.91. The molecule has 1 heterocycles. The number of aryl methyl sites for hydroxylation is 2. The first-order chi connectivity index (χ1) is 9.38. The van der Waals surface area contributed by atoms with Crippen molar-refractivity contribution in [3.05, 3.63) is 17.0 Å². The van der Waals surface area contributed by atoms with Crippen molar-refractivity contribution in [1.29, 1.82) is 0 Å². The standard InChI is InChI=1S/C12H17F3N2O3S/c1-7(2)21(19,20)6-5-17-9(4)10(8(3)16-17)11(18)12(13,14)15/h7H,5-6H2,1-4H3. The molecule has 0 bridgehead atoms. The van der Waals surface area contributed by atoms with E-state index in [1.165, 1.54) is 27.7 Å². The number of hydrogen-bond acceptors (Lipinski definition) is 4. The molecule has 0 amide bonds. The van der Waals surface area contributed by atoms with E-state index < -0.39 is 32.6 Å². The summed E-state index contributed by atoms with van der Waals surface area (Å²) in [4.78, 5) is 11.3. The highest BCUT2D eigenvalue weighted by atomic mass is 32.2. The van der Waals surface area contributed by atoms with Gasteiger partial charge in [0.05, 0.1) is 28.8 Å². The molecule has 1 rings (SSSR count). The summed E-state index contributed by atoms with van der Waals surface area (Å²) in [5, 5.41) is 3.26. The van der Waals surface area contributed by atoms with E-state index in [0.717, 1.165) is 4.68 Å². The number of alkyl halides is 3. The molecule has 0 saturated heterocycles. The Morgan fingerprint density at radius 3 is 2.24 bits per heavy atom. The second-order valence-corrected chi connectivity index (χ2v) is 7.69. The lowest BCUT2D eigenvalue weighted by atomic mass is 10.1. The van der Waals surface area contributed by atoms with Crippen molar-refractivity contribution in [2.75, 3.05) is 5.75 Å². The van der Waals surface area contributed by atoms with Gasteiger partial charge in [-0.25, -0.2) is 8.42 Å². The third-order valence-corrected chi connectivity index (χ3v) is 5.36. The quantitative estimate of drug-likeness (QED) is 0.777. The maximum Gasteiger partial charge on any atom is 0.455 e. The summed E-state index contributed by atoms with van der Waals surface area (Å²) < 4.78 is 62.1. The lowest BCUT2D eigenvalue weighted by molar-refractivity contribution is -0.0886. The number of aromatic nitrogens is 2. The number of ketones is 1. The van der Waals surface area contributed by atoms with Gasteiger partial charge in [-0.1, -0.05) is 0 Å². The Bertz CT molecular complexity index is 645. The summed E-state index contributed by atoms with van der Waals surface area (Å²) in [6, 6.07) is 0. The fourth-order valence-corrected chi connectivity index (χ4v) is 2.73. The van der Waals surface area contributed by atoms with Gasteiger partial charge in [-0.05, 0) is 27.7 Å². The van der Waals surface area contributed by atoms with E-state index in [1.807, 2.05) is 0 Å². The summed E-state index contributed by atoms with van der Waals surface area (Å²) in [7, 11) is -3.33. The van der Waals surface area contributed by atoms with Crippen molar-refractivity contribution in [1.82, 2.24) is 9.78 Å². The van der Waals surface area contributed by atoms with Gasteiger partial charge in [0.25, 0.3) is 5.78 Å². The molecule has 0 aliphatic carbocycles. The Kier molecular flexibility index (Phi) is 4.87. The Balaban J connectivity index is 3.07. The van der Waals surface area contributed by atoms with Crippen LogP contribution in [-0.2, 0) is 16.4 Å². The molecule has 0 saturated carbocycles. The smallest absolute Gasteiger partial charge is 0.284 e. The van der Waals surface area contributed by atoms with Crippen LogP contribution in [0.3, 0.4) is 0 Å². The minimum absolute atomic E-state index is 0.0220. The molecule has 0 unspecified atom stereocenters. The lowest BCUT2D eigenvalue weighted by Crippen LogP contribution is -2.24. The summed E-state index contributed by atoms with van der Waals surface area (Å²) in [5.41, 5.74) is -0.546. The average molecular weight is 326 g/mol. The van der Waals surface area contributed by atoms with Gasteiger partial charge < -0.3 is 0 Å². The van der Waals surface area contributed by atoms with Gasteiger partial charge in [-0.15, -0.1) is 0 Å². The van der Waals surface area contributed by atoms with E-state index in [0.29, 0.717) is 0 Å². The van der Waals surface area contributed by atoms with Crippen LogP contribution < -0.4 is 0 Å². The molecule has 0 aromatic carbocycles. The van der Waals surface area contributed by atoms with Crippen LogP contribution in [0.15, 0.2) is 0 Å². The maximum atomic E-state index is 12.5. The zero-order valence-electron chi connectivity index (χ0n) is 12.2. The minimum atomic E-state index is -4.98. The predicted molar refractivity (Wildman–Crippen MR) is 71.0 cm³/mol. The van der Waals surface area contributed by atoms with Crippen LogP contribution in [0.1, 0.15) is 35.6 Å². The van der Waals surface area contributed by atoms with E-state index in [1.54, 1.807) is 0 Å². The Morgan fingerprint density at radius 2 is 1.81 bits per heavy atom. The molecule has 0 aliphatic heterocycles. The van der Waals surface area contributed by atoms with E-state index in [9.17, 15) is 26.4 Å². The Hall–Kier alpha value is -1.38. The van der Waals surface area contributed by atoms with Crippen molar-refractivity contribution in [2.24, 2.45) is 0 Å². The Morgan fingerprint density at radius 1 is 1.29 bits per heavy atom. The first-order valence-corrected chi connectivity index (χ1v) is 7.96. The first-order valence-electron chi connectivity index (χ1n) is 6.25. The zero-order chi connectivity index (χ0) is 16.6. The van der Waals surface area contributed by atoms with Crippen LogP contribution in [0.4, 0.5) is 13.2 Å². The highest BCUT2D eigenvalue weighted by Crippen LogP contribution is 2.25. The molecule has 21 heavy (non-hydrogen) atoms. The number of carbonyl (C=O) groups is 1. The van der Waals surface area contributed by atoms with Crippen molar-refractivity contribution in [3.63, 3.8) is 0 Å². The number of halogens is 3. The molecule has 0 aliphatic rings. The van der Waals surface area contributed by atoms with Gasteiger partial charge in [0.2, 0.25) is 0 Å². The van der Waals surface area contributed by atoms with Gasteiger partial charge in [-0.2, -0.15) is 18.3 Å². The van der Waals surface area contributed by atoms with Crippen LogP contribution in [0.5, 0.6) is 0 Å². The number of sulfone groups is 1. The maximum absolute atomic E-state index is 12.5. The third kappa shape index (κ3) is 3.84. The summed E-state index contributed by atoms with van der Waals surface area (Å²) >= 11 is 0. The van der Waals surface area contributed by atoms with Crippen molar-refractivity contribution in [2.45, 2.75) is 45.7 Å². The van der Waals surface area contributed by atoms with E-state index >= 15 is 0 Å². The second-order valence-electron chi connectivity index (χ2n) is 5.01. The summed E-state index contributed by atoms with van der Waals surface area (Å²) in [6.45, 7) is 5.57. The molecule has 1 aromatic rings. The van der Waals surface area contributed by atoms with Gasteiger partial charge in [0.15, 0.2) is 9.84 Å². The van der Waals surface area contributed by atoms with Crippen LogP contribution in [-0.4, -0.2) is 41.2 Å². The molecule has 0 radical (unpaired) electrons. The molecule has 5 nitrogen and oxygen atoms in total. The first kappa shape index (κ1) is 17.7. The minimum Gasteiger partial charge on any atom is -0.284 e. The van der Waals surface area contributed by atoms with Gasteiger partial charge in [-0.3, -0.25) is 9.48 Å². The molecule has 0 spiro atoms. The van der Waals surface area contributed by atoms with Crippen molar-refractivity contribution >= 4 is 15.6 Å². The van der Waals surface area contributed by atoms with Crippen LogP contribution >= 0.6 is 0 Å². The molecule has 0 N–H and O–H groups in total. The molecule has 0 atom stereocenters. The average Bonchev–Trinajstić information content (AvgIpc) is 2.59. The molecule has 1 aromatic heterocycles. The summed E-state index contributed by atoms with van der Waals surface area (Å²) in [5.74, 6) is -2.21. The van der Waals surface area contributed by atoms with Crippen molar-refractivity contribution < 1.29 is 26.4 Å². The van der Waals surface area contributed by atoms with Crippen LogP contribution in [0.2, 0.25) is 0 Å². The molecule has 120 valence electrons. The van der Waals surface area contributed by atoms with Crippen LogP contribution in [0, 0.1) is 13.8 Å². The fraction of sp³-hybridized carbons (Fsp3) is 0.667. The zero-order valence-corrected chi connectivity index (χ0v) is 13.0. The number of rotatable bonds is 5. The highest BCUT2D eigenvalue weighted by Gasteiger charge is 2.42. The van der Waals surface area contributed by atoms with E-state index in [2.05, 4.69) is 5.10 Å². The van der Waals surface area contributed by atoms with Crippen molar-refractivity contribution in [3.8, 4) is 0 Å². The second kappa shape index (κ2) is 5.78. The van der Waals surface area contributed by atoms with E-state index in [-0.39, 0.29) is 23.7 Å². The number of Topliss-reactive ketones (excluding diaryl/α,β-unsaturated/α-hetero) is 1. The monoisotopic (exact) mass is 326 g/mol. The van der Waals surface area contributed by atoms with Crippen LogP contribution in [0.25, 0.3) is 0 Å². The molecule has 0 fully saturated rings. The lowest BCUT2D eigenvalue weighted by Gasteiger charge is -2.09. The van der Waals surface area contributed by atoms with Gasteiger partial charge >= 0.3 is 6.18 Å². The number of nitrogens with zero attached hydrogens (tertiary/aromatic N) is 2. The molecular weight excluding hydrogens is 309 g/mol. The topological polar surface area (TPSA) is 69.0 Å². The number of carbonyl (C=O) groups excluding carboxylic acids is 1. The molecular formula is C12H17F3N2O3S. The largest absolute Gasteiger partial charge is 0.455 e. The number of hydrogen-bond donors (Lipinski definition) is 0. The molecule has 9 heteroatoms. The van der Waals surface area contributed by atoms with Gasteiger partial charge in [0.1, 0.15) is 0 Å². The summed E-state index contributed by atoms with van der Waals surface area (Å²) in [6.07, 6.45) is -4.98. The van der Waals surface area contributed by atoms with E-state index in [4.69, 9.17) is 0 Å². The van der Waals surface area contributed by atoms with Gasteiger partial charge in [0, 0.05) is 5.69 Å². The SMILES string of the molecule is Cc1nn(CCS(=O)(=O)C(C)C)c(C)c1C(=O)C(F)(F)F. The fourth-order valence-electron chi connectivity index (χ4n) is 1.83. The Labute approximate surface area is 121 Å². The third-order valence-electron chi connectivity index (χ3n) is 3.17. The predicted octanol–water partition coefficient (Wildman–Crippen LogP) is 2.07. The normalized spacial score (nSPS) is 13.0.